The summed E-state index contributed by atoms with van der Waals surface area (Å²) in [7, 11) is 0. The highest BCUT2D eigenvalue weighted by Crippen LogP contribution is 2.21. The predicted octanol–water partition coefficient (Wildman–Crippen LogP) is 2.89. The topological polar surface area (TPSA) is 100 Å². The molecule has 1 heterocycles. The highest BCUT2D eigenvalue weighted by Gasteiger charge is 2.25. The van der Waals surface area contributed by atoms with E-state index in [1.807, 2.05) is 13.8 Å². The molecule has 3 amide bonds. The van der Waals surface area contributed by atoms with Crippen LogP contribution in [0.1, 0.15) is 34.8 Å². The standard InChI is InChI=1S/C19H21Cl2N3O4/c1-11(2)16(24-17(25)13-6-5-12(20)10-14(13)21)19(27)23-8-7-22-18(26)15-4-3-9-28-15/h3-6,9-11,16H,7-8H2,1-2H3,(H,22,26)(H,23,27)(H,24,25). The van der Waals surface area contributed by atoms with Gasteiger partial charge in [0.2, 0.25) is 5.91 Å². The van der Waals surface area contributed by atoms with E-state index in [0.29, 0.717) is 5.02 Å². The molecule has 0 saturated carbocycles. The Morgan fingerprint density at radius 2 is 1.75 bits per heavy atom. The number of furan rings is 1. The van der Waals surface area contributed by atoms with Crippen molar-refractivity contribution < 1.29 is 18.8 Å². The lowest BCUT2D eigenvalue weighted by Crippen LogP contribution is -2.50. The molecular weight excluding hydrogens is 405 g/mol. The molecule has 3 N–H and O–H groups in total. The molecule has 2 aromatic rings. The molecule has 0 aliphatic carbocycles. The highest BCUT2D eigenvalue weighted by atomic mass is 35.5. The van der Waals surface area contributed by atoms with Gasteiger partial charge in [-0.05, 0) is 36.2 Å². The number of rotatable bonds is 8. The molecular formula is C19H21Cl2N3O4. The smallest absolute Gasteiger partial charge is 0.287 e. The van der Waals surface area contributed by atoms with E-state index in [0.717, 1.165) is 0 Å². The molecule has 7 nitrogen and oxygen atoms in total. The van der Waals surface area contributed by atoms with Crippen LogP contribution in [0, 0.1) is 5.92 Å². The first-order valence-corrected chi connectivity index (χ1v) is 9.40. The van der Waals surface area contributed by atoms with Gasteiger partial charge in [-0.1, -0.05) is 37.0 Å². The van der Waals surface area contributed by atoms with Crippen LogP contribution in [0.3, 0.4) is 0 Å². The molecule has 28 heavy (non-hydrogen) atoms. The first-order valence-electron chi connectivity index (χ1n) is 8.65. The monoisotopic (exact) mass is 425 g/mol. The largest absolute Gasteiger partial charge is 0.459 e. The van der Waals surface area contributed by atoms with Crippen LogP contribution in [0.15, 0.2) is 41.0 Å². The summed E-state index contributed by atoms with van der Waals surface area (Å²) in [5.41, 5.74) is 0.232. The van der Waals surface area contributed by atoms with Gasteiger partial charge < -0.3 is 20.4 Å². The van der Waals surface area contributed by atoms with Gasteiger partial charge in [-0.2, -0.15) is 0 Å². The maximum absolute atomic E-state index is 12.5. The number of hydrogen-bond donors (Lipinski definition) is 3. The van der Waals surface area contributed by atoms with Gasteiger partial charge in [0, 0.05) is 18.1 Å². The third-order valence-corrected chi connectivity index (χ3v) is 4.41. The quantitative estimate of drug-likeness (QED) is 0.565. The molecule has 150 valence electrons. The minimum Gasteiger partial charge on any atom is -0.459 e. The van der Waals surface area contributed by atoms with Gasteiger partial charge in [0.1, 0.15) is 6.04 Å². The molecule has 0 aliphatic heterocycles. The van der Waals surface area contributed by atoms with Crippen LogP contribution in [0.4, 0.5) is 0 Å². The fourth-order valence-electron chi connectivity index (χ4n) is 2.39. The van der Waals surface area contributed by atoms with E-state index < -0.39 is 11.9 Å². The third-order valence-electron chi connectivity index (χ3n) is 3.87. The number of halogens is 2. The van der Waals surface area contributed by atoms with E-state index in [1.165, 1.54) is 18.4 Å². The van der Waals surface area contributed by atoms with Gasteiger partial charge in [-0.25, -0.2) is 0 Å². The van der Waals surface area contributed by atoms with Crippen molar-refractivity contribution in [1.82, 2.24) is 16.0 Å². The van der Waals surface area contributed by atoms with Crippen molar-refractivity contribution >= 4 is 40.9 Å². The number of benzene rings is 1. The summed E-state index contributed by atoms with van der Waals surface area (Å²) in [5.74, 6) is -1.17. The van der Waals surface area contributed by atoms with Gasteiger partial charge in [-0.3, -0.25) is 14.4 Å². The summed E-state index contributed by atoms with van der Waals surface area (Å²) in [6.07, 6.45) is 1.40. The molecule has 9 heteroatoms. The van der Waals surface area contributed by atoms with Crippen molar-refractivity contribution in [1.29, 1.82) is 0 Å². The minimum absolute atomic E-state index is 0.160. The van der Waals surface area contributed by atoms with E-state index >= 15 is 0 Å². The van der Waals surface area contributed by atoms with Gasteiger partial charge in [0.05, 0.1) is 16.8 Å². The summed E-state index contributed by atoms with van der Waals surface area (Å²) in [6.45, 7) is 4.04. The number of nitrogens with one attached hydrogen (secondary N) is 3. The lowest BCUT2D eigenvalue weighted by Gasteiger charge is -2.22. The molecule has 2 rings (SSSR count). The van der Waals surface area contributed by atoms with Crippen molar-refractivity contribution in [2.75, 3.05) is 13.1 Å². The average molecular weight is 426 g/mol. The third kappa shape index (κ3) is 6.00. The second kappa shape index (κ2) is 10.1. The van der Waals surface area contributed by atoms with Gasteiger partial charge in [0.15, 0.2) is 5.76 Å². The molecule has 0 saturated heterocycles. The zero-order valence-electron chi connectivity index (χ0n) is 15.4. The molecule has 0 fully saturated rings. The first-order chi connectivity index (χ1) is 13.3. The van der Waals surface area contributed by atoms with Crippen molar-refractivity contribution in [3.8, 4) is 0 Å². The highest BCUT2D eigenvalue weighted by molar-refractivity contribution is 6.36. The first kappa shape index (κ1) is 21.8. The summed E-state index contributed by atoms with van der Waals surface area (Å²) in [4.78, 5) is 36.7. The molecule has 0 spiro atoms. The second-order valence-corrected chi connectivity index (χ2v) is 7.19. The molecule has 0 bridgehead atoms. The minimum atomic E-state index is -0.764. The van der Waals surface area contributed by atoms with Crippen LogP contribution in [0.5, 0.6) is 0 Å². The number of hydrogen-bond acceptors (Lipinski definition) is 4. The summed E-state index contributed by atoms with van der Waals surface area (Å²) >= 11 is 11.9. The van der Waals surface area contributed by atoms with Crippen molar-refractivity contribution in [3.05, 3.63) is 58.0 Å². The van der Waals surface area contributed by atoms with Crippen molar-refractivity contribution in [3.63, 3.8) is 0 Å². The zero-order chi connectivity index (χ0) is 20.7. The van der Waals surface area contributed by atoms with Crippen LogP contribution < -0.4 is 16.0 Å². The fraction of sp³-hybridized carbons (Fsp3) is 0.316. The lowest BCUT2D eigenvalue weighted by atomic mass is 10.0. The molecule has 0 aliphatic rings. The zero-order valence-corrected chi connectivity index (χ0v) is 16.9. The van der Waals surface area contributed by atoms with Crippen LogP contribution in [-0.2, 0) is 4.79 Å². The number of amides is 3. The summed E-state index contributed by atoms with van der Waals surface area (Å²) in [5, 5.41) is 8.62. The molecule has 1 unspecified atom stereocenters. The molecule has 1 atom stereocenters. The molecule has 1 aromatic heterocycles. The Balaban J connectivity index is 1.87. The Labute approximate surface area is 172 Å². The van der Waals surface area contributed by atoms with Crippen molar-refractivity contribution in [2.24, 2.45) is 5.92 Å². The van der Waals surface area contributed by atoms with E-state index in [-0.39, 0.29) is 47.2 Å². The predicted molar refractivity (Wildman–Crippen MR) is 107 cm³/mol. The van der Waals surface area contributed by atoms with Crippen LogP contribution in [0.2, 0.25) is 10.0 Å². The summed E-state index contributed by atoms with van der Waals surface area (Å²) in [6, 6.07) is 6.90. The van der Waals surface area contributed by atoms with E-state index in [2.05, 4.69) is 16.0 Å². The van der Waals surface area contributed by atoms with Gasteiger partial charge >= 0.3 is 0 Å². The average Bonchev–Trinajstić information content (AvgIpc) is 3.17. The van der Waals surface area contributed by atoms with Crippen LogP contribution in [-0.4, -0.2) is 36.9 Å². The normalized spacial score (nSPS) is 11.8. The molecule has 1 aromatic carbocycles. The Morgan fingerprint density at radius 1 is 1.04 bits per heavy atom. The van der Waals surface area contributed by atoms with E-state index in [1.54, 1.807) is 18.2 Å². The maximum Gasteiger partial charge on any atom is 0.287 e. The fourth-order valence-corrected chi connectivity index (χ4v) is 2.89. The van der Waals surface area contributed by atoms with E-state index in [4.69, 9.17) is 27.6 Å². The number of carbonyl (C=O) groups excluding carboxylic acids is 3. The van der Waals surface area contributed by atoms with Gasteiger partial charge in [0.25, 0.3) is 11.8 Å². The lowest BCUT2D eigenvalue weighted by molar-refractivity contribution is -0.123. The summed E-state index contributed by atoms with van der Waals surface area (Å²) < 4.78 is 4.98. The molecule has 0 radical (unpaired) electrons. The SMILES string of the molecule is CC(C)C(NC(=O)c1ccc(Cl)cc1Cl)C(=O)NCCNC(=O)c1ccco1. The van der Waals surface area contributed by atoms with Crippen molar-refractivity contribution in [2.45, 2.75) is 19.9 Å². The van der Waals surface area contributed by atoms with Gasteiger partial charge in [-0.15, -0.1) is 0 Å². The Bertz CT molecular complexity index is 838. The van der Waals surface area contributed by atoms with E-state index in [9.17, 15) is 14.4 Å². The number of carbonyl (C=O) groups is 3. The Kier molecular flexibility index (Phi) is 7.90. The maximum atomic E-state index is 12.5. The van der Waals surface area contributed by atoms with Crippen LogP contribution >= 0.6 is 23.2 Å². The Morgan fingerprint density at radius 3 is 2.36 bits per heavy atom. The second-order valence-electron chi connectivity index (χ2n) is 6.34. The Hall–Kier alpha value is -2.51. The van der Waals surface area contributed by atoms with Crippen LogP contribution in [0.25, 0.3) is 0 Å².